The van der Waals surface area contributed by atoms with E-state index in [-0.39, 0.29) is 5.91 Å². The van der Waals surface area contributed by atoms with Crippen molar-refractivity contribution in [2.45, 2.75) is 50.5 Å². The minimum Gasteiger partial charge on any atom is -0.391 e. The summed E-state index contributed by atoms with van der Waals surface area (Å²) in [7, 11) is 0. The second-order valence-corrected chi connectivity index (χ2v) is 6.01. The van der Waals surface area contributed by atoms with E-state index in [0.29, 0.717) is 11.4 Å². The van der Waals surface area contributed by atoms with Gasteiger partial charge in [0.2, 0.25) is 5.91 Å². The van der Waals surface area contributed by atoms with Gasteiger partial charge in [0, 0.05) is 0 Å². The Balaban J connectivity index is 2.04. The molecule has 0 aromatic heterocycles. The smallest absolute Gasteiger partial charge is 0.225 e. The summed E-state index contributed by atoms with van der Waals surface area (Å²) in [4.78, 5) is 12.7. The quantitative estimate of drug-likeness (QED) is 0.662. The molecule has 108 valence electrons. The standard InChI is InChI=1S/C16H22N2OS/c17-15(20)16(10-6-1-2-7-11-16)18-14(19)12-13-8-4-3-5-9-13/h3-5,8-9H,1-2,6-7,10-12H2,(H2,17,20)(H,18,19). The SMILES string of the molecule is NC(=S)C1(NC(=O)Cc2ccccc2)CCCCCC1. The predicted molar refractivity (Wildman–Crippen MR) is 85.5 cm³/mol. The van der Waals surface area contributed by atoms with Crippen LogP contribution in [0.1, 0.15) is 44.1 Å². The number of hydrogen-bond acceptors (Lipinski definition) is 2. The molecule has 1 amide bonds. The van der Waals surface area contributed by atoms with Crippen LogP contribution < -0.4 is 11.1 Å². The number of carbonyl (C=O) groups excluding carboxylic acids is 1. The molecule has 0 bridgehead atoms. The van der Waals surface area contributed by atoms with Gasteiger partial charge >= 0.3 is 0 Å². The molecule has 0 spiro atoms. The van der Waals surface area contributed by atoms with Gasteiger partial charge in [-0.2, -0.15) is 0 Å². The normalized spacial score (nSPS) is 18.0. The molecule has 0 aliphatic heterocycles. The number of rotatable bonds is 4. The van der Waals surface area contributed by atoms with Crippen molar-refractivity contribution in [1.29, 1.82) is 0 Å². The number of benzene rings is 1. The minimum absolute atomic E-state index is 0.00546. The van der Waals surface area contributed by atoms with Crippen LogP contribution in [0.15, 0.2) is 30.3 Å². The highest BCUT2D eigenvalue weighted by atomic mass is 32.1. The van der Waals surface area contributed by atoms with Crippen LogP contribution in [-0.2, 0) is 11.2 Å². The highest BCUT2D eigenvalue weighted by Crippen LogP contribution is 2.27. The van der Waals surface area contributed by atoms with Crippen LogP contribution in [0.25, 0.3) is 0 Å². The molecule has 0 radical (unpaired) electrons. The summed E-state index contributed by atoms with van der Waals surface area (Å²) in [6, 6.07) is 9.75. The Morgan fingerprint density at radius 2 is 1.75 bits per heavy atom. The van der Waals surface area contributed by atoms with Crippen LogP contribution in [0.3, 0.4) is 0 Å². The molecule has 1 aliphatic rings. The third-order valence-electron chi connectivity index (χ3n) is 4.01. The summed E-state index contributed by atoms with van der Waals surface area (Å²) in [5.41, 5.74) is 6.47. The van der Waals surface area contributed by atoms with Crippen LogP contribution in [0.5, 0.6) is 0 Å². The van der Waals surface area contributed by atoms with Crippen LogP contribution in [0, 0.1) is 0 Å². The van der Waals surface area contributed by atoms with Crippen LogP contribution in [-0.4, -0.2) is 16.4 Å². The van der Waals surface area contributed by atoms with Crippen LogP contribution in [0.4, 0.5) is 0 Å². The van der Waals surface area contributed by atoms with Crippen LogP contribution >= 0.6 is 12.2 Å². The molecule has 0 saturated heterocycles. The number of amides is 1. The van der Waals surface area contributed by atoms with Gasteiger partial charge in [-0.15, -0.1) is 0 Å². The largest absolute Gasteiger partial charge is 0.391 e. The zero-order valence-electron chi connectivity index (χ0n) is 11.7. The molecule has 4 heteroatoms. The van der Waals surface area contributed by atoms with Gasteiger partial charge < -0.3 is 11.1 Å². The van der Waals surface area contributed by atoms with Gasteiger partial charge in [0.15, 0.2) is 0 Å². The first-order valence-corrected chi connectivity index (χ1v) is 7.68. The molecular formula is C16H22N2OS. The van der Waals surface area contributed by atoms with Crippen molar-refractivity contribution < 1.29 is 4.79 Å². The van der Waals surface area contributed by atoms with Gasteiger partial charge in [0.1, 0.15) is 0 Å². The Kier molecular flexibility index (Phi) is 5.12. The summed E-state index contributed by atoms with van der Waals surface area (Å²) in [5.74, 6) is 0.00546. The molecule has 0 heterocycles. The first kappa shape index (κ1) is 15.0. The Bertz CT molecular complexity index is 465. The van der Waals surface area contributed by atoms with E-state index in [1.54, 1.807) is 0 Å². The van der Waals surface area contributed by atoms with Gasteiger partial charge in [0.05, 0.1) is 16.9 Å². The molecule has 0 atom stereocenters. The summed E-state index contributed by atoms with van der Waals surface area (Å²) in [5, 5.41) is 3.12. The Morgan fingerprint density at radius 3 is 2.30 bits per heavy atom. The minimum atomic E-state index is -0.475. The molecule has 3 nitrogen and oxygen atoms in total. The average Bonchev–Trinajstić information content (AvgIpc) is 2.66. The monoisotopic (exact) mass is 290 g/mol. The Morgan fingerprint density at radius 1 is 1.15 bits per heavy atom. The van der Waals surface area contributed by atoms with E-state index in [1.165, 1.54) is 12.8 Å². The number of carbonyl (C=O) groups is 1. The maximum atomic E-state index is 12.3. The van der Waals surface area contributed by atoms with E-state index >= 15 is 0 Å². The zero-order chi connectivity index (χ0) is 14.4. The van der Waals surface area contributed by atoms with Gasteiger partial charge in [-0.05, 0) is 18.4 Å². The fourth-order valence-electron chi connectivity index (χ4n) is 2.86. The lowest BCUT2D eigenvalue weighted by Gasteiger charge is -2.33. The molecule has 1 fully saturated rings. The van der Waals surface area contributed by atoms with Crippen molar-refractivity contribution >= 4 is 23.1 Å². The number of hydrogen-bond donors (Lipinski definition) is 2. The fraction of sp³-hybridized carbons (Fsp3) is 0.500. The average molecular weight is 290 g/mol. The van der Waals surface area contributed by atoms with E-state index in [4.69, 9.17) is 18.0 Å². The van der Waals surface area contributed by atoms with Crippen molar-refractivity contribution in [3.63, 3.8) is 0 Å². The van der Waals surface area contributed by atoms with E-state index in [9.17, 15) is 4.79 Å². The number of nitrogens with one attached hydrogen (secondary N) is 1. The fourth-order valence-corrected chi connectivity index (χ4v) is 3.11. The van der Waals surface area contributed by atoms with E-state index in [2.05, 4.69) is 5.32 Å². The molecule has 2 rings (SSSR count). The van der Waals surface area contributed by atoms with Crippen LogP contribution in [0.2, 0.25) is 0 Å². The number of nitrogens with two attached hydrogens (primary N) is 1. The third-order valence-corrected chi connectivity index (χ3v) is 4.41. The topological polar surface area (TPSA) is 55.1 Å². The summed E-state index contributed by atoms with van der Waals surface area (Å²) < 4.78 is 0. The molecule has 1 aromatic rings. The lowest BCUT2D eigenvalue weighted by atomic mass is 9.89. The highest BCUT2D eigenvalue weighted by Gasteiger charge is 2.35. The molecule has 20 heavy (non-hydrogen) atoms. The third kappa shape index (κ3) is 3.79. The molecule has 1 saturated carbocycles. The maximum Gasteiger partial charge on any atom is 0.225 e. The first-order chi connectivity index (χ1) is 9.62. The molecule has 1 aliphatic carbocycles. The highest BCUT2D eigenvalue weighted by molar-refractivity contribution is 7.80. The van der Waals surface area contributed by atoms with Gasteiger partial charge in [0.25, 0.3) is 0 Å². The molecular weight excluding hydrogens is 268 g/mol. The van der Waals surface area contributed by atoms with Gasteiger partial charge in [-0.3, -0.25) is 4.79 Å². The lowest BCUT2D eigenvalue weighted by molar-refractivity contribution is -0.121. The Hall–Kier alpha value is -1.42. The zero-order valence-corrected chi connectivity index (χ0v) is 12.5. The lowest BCUT2D eigenvalue weighted by Crippen LogP contribution is -2.56. The second-order valence-electron chi connectivity index (χ2n) is 5.57. The van der Waals surface area contributed by atoms with E-state index in [0.717, 1.165) is 31.2 Å². The van der Waals surface area contributed by atoms with Gasteiger partial charge in [-0.1, -0.05) is 68.2 Å². The van der Waals surface area contributed by atoms with Gasteiger partial charge in [-0.25, -0.2) is 0 Å². The van der Waals surface area contributed by atoms with Crippen molar-refractivity contribution in [1.82, 2.24) is 5.32 Å². The first-order valence-electron chi connectivity index (χ1n) is 7.27. The summed E-state index contributed by atoms with van der Waals surface area (Å²) >= 11 is 5.23. The molecule has 0 unspecified atom stereocenters. The molecule has 1 aromatic carbocycles. The second kappa shape index (κ2) is 6.84. The Labute approximate surface area is 125 Å². The molecule has 3 N–H and O–H groups in total. The summed E-state index contributed by atoms with van der Waals surface area (Å²) in [6.45, 7) is 0. The van der Waals surface area contributed by atoms with Crippen molar-refractivity contribution in [3.05, 3.63) is 35.9 Å². The van der Waals surface area contributed by atoms with Crippen molar-refractivity contribution in [2.24, 2.45) is 5.73 Å². The van der Waals surface area contributed by atoms with E-state index in [1.807, 2.05) is 30.3 Å². The van der Waals surface area contributed by atoms with E-state index < -0.39 is 5.54 Å². The maximum absolute atomic E-state index is 12.3. The summed E-state index contributed by atoms with van der Waals surface area (Å²) in [6.07, 6.45) is 6.64. The predicted octanol–water partition coefficient (Wildman–Crippen LogP) is 2.72. The van der Waals surface area contributed by atoms with Crippen molar-refractivity contribution in [3.8, 4) is 0 Å². The van der Waals surface area contributed by atoms with Crippen molar-refractivity contribution in [2.75, 3.05) is 0 Å². The number of thiocarbonyl (C=S) groups is 1.